The average Bonchev–Trinajstić information content (AvgIpc) is 1.92. The fraction of sp³-hybridized carbons (Fsp3) is 1.00. The van der Waals surface area contributed by atoms with Crippen molar-refractivity contribution < 1.29 is 52.7 Å². The molecule has 116 valence electrons. The van der Waals surface area contributed by atoms with E-state index in [4.69, 9.17) is 0 Å². The highest BCUT2D eigenvalue weighted by molar-refractivity contribution is 5.04. The second-order valence-corrected chi connectivity index (χ2v) is 3.66. The Bertz CT molecular complexity index is 300. The quantitative estimate of drug-likeness (QED) is 0.650. The molecule has 0 saturated carbocycles. The van der Waals surface area contributed by atoms with Gasteiger partial charge >= 0.3 is 24.5 Å². The largest absolute Gasteiger partial charge is 0.456 e. The van der Waals surface area contributed by atoms with Crippen LogP contribution in [0.4, 0.5) is 52.7 Å². The zero-order valence-electron chi connectivity index (χ0n) is 8.61. The van der Waals surface area contributed by atoms with Crippen molar-refractivity contribution in [3.63, 3.8) is 0 Å². The second-order valence-electron chi connectivity index (χ2n) is 3.66. The van der Waals surface area contributed by atoms with Gasteiger partial charge in [-0.25, -0.2) is 4.39 Å². The SMILES string of the molecule is CC(F)(C(C(F)(F)F)C(F)(F)F)C(F)(F)C(F)(F)F. The molecule has 0 bridgehead atoms. The van der Waals surface area contributed by atoms with Gasteiger partial charge in [-0.15, -0.1) is 0 Å². The summed E-state index contributed by atoms with van der Waals surface area (Å²) in [5.41, 5.74) is -5.94. The summed E-state index contributed by atoms with van der Waals surface area (Å²) in [6.45, 7) is -1.09. The molecule has 0 heterocycles. The summed E-state index contributed by atoms with van der Waals surface area (Å²) in [5, 5.41) is 0. The van der Waals surface area contributed by atoms with Crippen molar-refractivity contribution >= 4 is 0 Å². The molecule has 0 N–H and O–H groups in total. The van der Waals surface area contributed by atoms with Crippen LogP contribution in [0.5, 0.6) is 0 Å². The molecule has 0 aromatic rings. The summed E-state index contributed by atoms with van der Waals surface area (Å²) >= 11 is 0. The highest BCUT2D eigenvalue weighted by atomic mass is 19.4. The molecular weight excluding hydrogens is 312 g/mol. The third-order valence-corrected chi connectivity index (χ3v) is 2.17. The lowest BCUT2D eigenvalue weighted by Gasteiger charge is -2.38. The van der Waals surface area contributed by atoms with Gasteiger partial charge in [-0.05, 0) is 6.92 Å². The number of halogens is 12. The fourth-order valence-electron chi connectivity index (χ4n) is 1.26. The third-order valence-electron chi connectivity index (χ3n) is 2.17. The molecule has 1 unspecified atom stereocenters. The Morgan fingerprint density at radius 1 is 0.579 bits per heavy atom. The van der Waals surface area contributed by atoms with Crippen LogP contribution in [0.1, 0.15) is 6.92 Å². The van der Waals surface area contributed by atoms with Gasteiger partial charge in [0, 0.05) is 0 Å². The van der Waals surface area contributed by atoms with E-state index in [-0.39, 0.29) is 0 Å². The lowest BCUT2D eigenvalue weighted by molar-refractivity contribution is -0.386. The van der Waals surface area contributed by atoms with Gasteiger partial charge < -0.3 is 0 Å². The van der Waals surface area contributed by atoms with Gasteiger partial charge in [0.1, 0.15) is 0 Å². The Labute approximate surface area is 96.9 Å². The van der Waals surface area contributed by atoms with Gasteiger partial charge in [-0.1, -0.05) is 0 Å². The summed E-state index contributed by atoms with van der Waals surface area (Å²) in [5.74, 6) is -12.3. The molecule has 0 rings (SSSR count). The molecule has 0 amide bonds. The summed E-state index contributed by atoms with van der Waals surface area (Å²) in [6.07, 6.45) is -20.3. The molecule has 0 saturated heterocycles. The van der Waals surface area contributed by atoms with E-state index in [0.717, 1.165) is 0 Å². The van der Waals surface area contributed by atoms with Gasteiger partial charge in [-0.3, -0.25) is 0 Å². The Morgan fingerprint density at radius 3 is 1.00 bits per heavy atom. The first-order chi connectivity index (χ1) is 7.87. The van der Waals surface area contributed by atoms with Crippen molar-refractivity contribution in [2.24, 2.45) is 5.92 Å². The van der Waals surface area contributed by atoms with Crippen LogP contribution in [0.2, 0.25) is 0 Å². The smallest absolute Gasteiger partial charge is 0.236 e. The Hall–Kier alpha value is -0.840. The van der Waals surface area contributed by atoms with E-state index < -0.39 is 43.0 Å². The molecule has 0 aliphatic rings. The highest BCUT2D eigenvalue weighted by Crippen LogP contribution is 2.56. The first-order valence-corrected chi connectivity index (χ1v) is 4.13. The van der Waals surface area contributed by atoms with Crippen LogP contribution in [-0.4, -0.2) is 30.1 Å². The van der Waals surface area contributed by atoms with Crippen LogP contribution < -0.4 is 0 Å². The van der Waals surface area contributed by atoms with Gasteiger partial charge in [0.2, 0.25) is 5.67 Å². The van der Waals surface area contributed by atoms with Crippen molar-refractivity contribution in [3.05, 3.63) is 0 Å². The maximum atomic E-state index is 13.1. The Morgan fingerprint density at radius 2 is 0.842 bits per heavy atom. The summed E-state index contributed by atoms with van der Waals surface area (Å²) < 4.78 is 145. The normalized spacial score (nSPS) is 18.6. The van der Waals surface area contributed by atoms with E-state index in [9.17, 15) is 52.7 Å². The van der Waals surface area contributed by atoms with Crippen LogP contribution >= 0.6 is 0 Å². The monoisotopic (exact) mass is 316 g/mol. The average molecular weight is 316 g/mol. The number of hydrogen-bond donors (Lipinski definition) is 0. The van der Waals surface area contributed by atoms with E-state index in [1.54, 1.807) is 0 Å². The zero-order chi connectivity index (χ0) is 16.1. The van der Waals surface area contributed by atoms with Crippen molar-refractivity contribution in [3.8, 4) is 0 Å². The predicted molar refractivity (Wildman–Crippen MR) is 36.1 cm³/mol. The van der Waals surface area contributed by atoms with E-state index in [0.29, 0.717) is 0 Å². The maximum Gasteiger partial charge on any atom is 0.456 e. The molecule has 0 aromatic carbocycles. The minimum atomic E-state index is -6.91. The standard InChI is InChI=1S/C7H4F12/c1-3(8,6(15,16)7(17,18)19)2(4(9,10)11)5(12,13)14/h2H,1H3. The van der Waals surface area contributed by atoms with Crippen LogP contribution in [-0.2, 0) is 0 Å². The summed E-state index contributed by atoms with van der Waals surface area (Å²) in [7, 11) is 0. The lowest BCUT2D eigenvalue weighted by Crippen LogP contribution is -2.63. The molecule has 0 nitrogen and oxygen atoms in total. The van der Waals surface area contributed by atoms with Gasteiger partial charge in [-0.2, -0.15) is 48.3 Å². The van der Waals surface area contributed by atoms with E-state index in [1.165, 1.54) is 0 Å². The lowest BCUT2D eigenvalue weighted by atomic mass is 9.83. The van der Waals surface area contributed by atoms with Crippen LogP contribution in [0, 0.1) is 5.92 Å². The molecule has 19 heavy (non-hydrogen) atoms. The minimum absolute atomic E-state index is 1.09. The van der Waals surface area contributed by atoms with Crippen LogP contribution in [0.3, 0.4) is 0 Å². The Balaban J connectivity index is 5.97. The third kappa shape index (κ3) is 3.19. The first kappa shape index (κ1) is 18.2. The molecule has 1 atom stereocenters. The summed E-state index contributed by atoms with van der Waals surface area (Å²) in [6, 6.07) is 0. The van der Waals surface area contributed by atoms with Crippen molar-refractivity contribution in [2.45, 2.75) is 37.0 Å². The van der Waals surface area contributed by atoms with Crippen molar-refractivity contribution in [1.29, 1.82) is 0 Å². The van der Waals surface area contributed by atoms with Crippen molar-refractivity contribution in [2.75, 3.05) is 0 Å². The molecule has 0 spiro atoms. The molecule has 0 aliphatic heterocycles. The van der Waals surface area contributed by atoms with Gasteiger partial charge in [0.25, 0.3) is 0 Å². The molecule has 0 aliphatic carbocycles. The molecule has 0 radical (unpaired) electrons. The number of alkyl halides is 12. The molecular formula is C7H4F12. The molecule has 0 aromatic heterocycles. The topological polar surface area (TPSA) is 0 Å². The highest BCUT2D eigenvalue weighted by Gasteiger charge is 2.80. The second kappa shape index (κ2) is 4.33. The number of rotatable bonds is 2. The van der Waals surface area contributed by atoms with Crippen LogP contribution in [0.15, 0.2) is 0 Å². The first-order valence-electron chi connectivity index (χ1n) is 4.13. The van der Waals surface area contributed by atoms with E-state index >= 15 is 0 Å². The van der Waals surface area contributed by atoms with E-state index in [2.05, 4.69) is 0 Å². The fourth-order valence-corrected chi connectivity index (χ4v) is 1.26. The number of hydrogen-bond acceptors (Lipinski definition) is 0. The van der Waals surface area contributed by atoms with Gasteiger partial charge in [0.15, 0.2) is 5.92 Å². The van der Waals surface area contributed by atoms with Crippen LogP contribution in [0.25, 0.3) is 0 Å². The summed E-state index contributed by atoms with van der Waals surface area (Å²) in [4.78, 5) is 0. The molecule has 0 fully saturated rings. The van der Waals surface area contributed by atoms with Gasteiger partial charge in [0.05, 0.1) is 0 Å². The van der Waals surface area contributed by atoms with Crippen molar-refractivity contribution in [1.82, 2.24) is 0 Å². The minimum Gasteiger partial charge on any atom is -0.236 e. The predicted octanol–water partition coefficient (Wildman–Crippen LogP) is 4.65. The maximum absolute atomic E-state index is 13.1. The van der Waals surface area contributed by atoms with E-state index in [1.807, 2.05) is 0 Å². The Kier molecular flexibility index (Phi) is 4.14. The zero-order valence-corrected chi connectivity index (χ0v) is 8.61. The molecule has 12 heteroatoms.